The molecule has 0 spiro atoms. The highest BCUT2D eigenvalue weighted by molar-refractivity contribution is 7.14. The number of aromatic hydroxyl groups is 1. The van der Waals surface area contributed by atoms with Crippen molar-refractivity contribution in [1.82, 2.24) is 3.96 Å². The van der Waals surface area contributed by atoms with E-state index in [1.54, 1.807) is 16.9 Å². The highest BCUT2D eigenvalue weighted by Gasteiger charge is 2.16. The van der Waals surface area contributed by atoms with Gasteiger partial charge in [-0.3, -0.25) is 8.75 Å². The van der Waals surface area contributed by atoms with Crippen LogP contribution in [0.15, 0.2) is 10.9 Å². The van der Waals surface area contributed by atoms with E-state index in [-0.39, 0.29) is 17.4 Å². The van der Waals surface area contributed by atoms with Crippen molar-refractivity contribution in [2.45, 2.75) is 26.8 Å². The fourth-order valence-electron chi connectivity index (χ4n) is 1.58. The molecule has 0 aliphatic rings. The van der Waals surface area contributed by atoms with Crippen LogP contribution in [0, 0.1) is 6.92 Å². The molecule has 0 fully saturated rings. The van der Waals surface area contributed by atoms with Crippen molar-refractivity contribution in [1.29, 1.82) is 0 Å². The molecule has 0 saturated heterocycles. The SMILES string of the molecule is Cc1c(O)cc2sn(C(C)C)c(=O)c2c1Cl. The van der Waals surface area contributed by atoms with Gasteiger partial charge in [-0.05, 0) is 26.8 Å². The second-order valence-corrected chi connectivity index (χ2v) is 5.42. The van der Waals surface area contributed by atoms with Crippen molar-refractivity contribution in [3.63, 3.8) is 0 Å². The molecule has 1 heterocycles. The lowest BCUT2D eigenvalue weighted by Gasteiger charge is -2.01. The van der Waals surface area contributed by atoms with Crippen molar-refractivity contribution in [3.05, 3.63) is 27.0 Å². The summed E-state index contributed by atoms with van der Waals surface area (Å²) >= 11 is 7.42. The predicted molar refractivity (Wildman–Crippen MR) is 67.9 cm³/mol. The van der Waals surface area contributed by atoms with Gasteiger partial charge in [-0.2, -0.15) is 0 Å². The summed E-state index contributed by atoms with van der Waals surface area (Å²) in [5.74, 6) is 0.134. The quantitative estimate of drug-likeness (QED) is 0.852. The molecule has 16 heavy (non-hydrogen) atoms. The standard InChI is InChI=1S/C11H12ClNO2S/c1-5(2)13-11(15)9-8(16-13)4-7(14)6(3)10(9)12/h4-5,14H,1-3H3. The number of benzene rings is 1. The number of phenolic OH excluding ortho intramolecular Hbond substituents is 1. The van der Waals surface area contributed by atoms with Gasteiger partial charge in [0.1, 0.15) is 5.75 Å². The monoisotopic (exact) mass is 257 g/mol. The summed E-state index contributed by atoms with van der Waals surface area (Å²) in [5.41, 5.74) is 0.475. The van der Waals surface area contributed by atoms with E-state index in [1.165, 1.54) is 11.5 Å². The first-order valence-corrected chi connectivity index (χ1v) is 6.12. The molecule has 1 aromatic heterocycles. The van der Waals surface area contributed by atoms with Crippen LogP contribution in [0.5, 0.6) is 5.75 Å². The Hall–Kier alpha value is -1.00. The van der Waals surface area contributed by atoms with Crippen LogP contribution >= 0.6 is 23.1 Å². The molecular weight excluding hydrogens is 246 g/mol. The lowest BCUT2D eigenvalue weighted by molar-refractivity contribution is 0.472. The summed E-state index contributed by atoms with van der Waals surface area (Å²) < 4.78 is 2.39. The van der Waals surface area contributed by atoms with Crippen LogP contribution in [0.3, 0.4) is 0 Å². The van der Waals surface area contributed by atoms with Crippen LogP contribution in [0.2, 0.25) is 5.02 Å². The maximum atomic E-state index is 12.1. The number of rotatable bonds is 1. The maximum absolute atomic E-state index is 12.1. The van der Waals surface area contributed by atoms with Gasteiger partial charge in [-0.15, -0.1) is 0 Å². The molecule has 5 heteroatoms. The van der Waals surface area contributed by atoms with Gasteiger partial charge in [0.25, 0.3) is 5.56 Å². The third-order valence-electron chi connectivity index (χ3n) is 2.53. The Balaban J connectivity index is 2.94. The van der Waals surface area contributed by atoms with Crippen LogP contribution < -0.4 is 5.56 Å². The van der Waals surface area contributed by atoms with Crippen LogP contribution in [0.1, 0.15) is 25.5 Å². The van der Waals surface area contributed by atoms with Crippen molar-refractivity contribution in [3.8, 4) is 5.75 Å². The third-order valence-corrected chi connectivity index (χ3v) is 4.30. The summed E-state index contributed by atoms with van der Waals surface area (Å²) in [6.45, 7) is 5.59. The van der Waals surface area contributed by atoms with Crippen molar-refractivity contribution < 1.29 is 5.11 Å². The smallest absolute Gasteiger partial charge is 0.270 e. The van der Waals surface area contributed by atoms with Gasteiger partial charge in [0.05, 0.1) is 15.1 Å². The van der Waals surface area contributed by atoms with Gasteiger partial charge in [0.15, 0.2) is 0 Å². The first kappa shape index (κ1) is 11.5. The Morgan fingerprint density at radius 3 is 2.69 bits per heavy atom. The number of aromatic nitrogens is 1. The van der Waals surface area contributed by atoms with E-state index >= 15 is 0 Å². The zero-order valence-electron chi connectivity index (χ0n) is 9.24. The molecule has 0 atom stereocenters. The van der Waals surface area contributed by atoms with Crippen LogP contribution in [0.4, 0.5) is 0 Å². The molecule has 0 radical (unpaired) electrons. The number of nitrogens with zero attached hydrogens (tertiary/aromatic N) is 1. The highest BCUT2D eigenvalue weighted by atomic mass is 35.5. The molecule has 2 aromatic rings. The number of halogens is 1. The topological polar surface area (TPSA) is 42.2 Å². The summed E-state index contributed by atoms with van der Waals surface area (Å²) in [7, 11) is 0. The minimum atomic E-state index is -0.0805. The summed E-state index contributed by atoms with van der Waals surface area (Å²) in [4.78, 5) is 12.1. The van der Waals surface area contributed by atoms with Crippen LogP contribution in [0.25, 0.3) is 10.1 Å². The van der Waals surface area contributed by atoms with Gasteiger partial charge in [0, 0.05) is 11.6 Å². The van der Waals surface area contributed by atoms with Gasteiger partial charge in [-0.25, -0.2) is 0 Å². The Labute approximate surface area is 102 Å². The molecule has 0 saturated carbocycles. The number of phenols is 1. The van der Waals surface area contributed by atoms with E-state index < -0.39 is 0 Å². The molecule has 0 bridgehead atoms. The minimum absolute atomic E-state index is 0.0805. The van der Waals surface area contributed by atoms with E-state index in [9.17, 15) is 9.90 Å². The van der Waals surface area contributed by atoms with Crippen LogP contribution in [-0.2, 0) is 0 Å². The largest absolute Gasteiger partial charge is 0.508 e. The van der Waals surface area contributed by atoms with E-state index in [0.29, 0.717) is 16.0 Å². The lowest BCUT2D eigenvalue weighted by Crippen LogP contribution is -2.14. The zero-order valence-corrected chi connectivity index (χ0v) is 10.8. The Kier molecular flexibility index (Phi) is 2.72. The van der Waals surface area contributed by atoms with E-state index in [1.807, 2.05) is 13.8 Å². The number of hydrogen-bond donors (Lipinski definition) is 1. The normalized spacial score (nSPS) is 11.6. The molecule has 0 aliphatic carbocycles. The average molecular weight is 258 g/mol. The van der Waals surface area contributed by atoms with E-state index in [4.69, 9.17) is 11.6 Å². The van der Waals surface area contributed by atoms with Gasteiger partial charge in [-0.1, -0.05) is 23.1 Å². The third kappa shape index (κ3) is 1.53. The maximum Gasteiger partial charge on any atom is 0.270 e. The first-order valence-electron chi connectivity index (χ1n) is 4.97. The molecule has 1 N–H and O–H groups in total. The van der Waals surface area contributed by atoms with E-state index in [0.717, 1.165) is 4.70 Å². The molecule has 0 amide bonds. The highest BCUT2D eigenvalue weighted by Crippen LogP contribution is 2.34. The summed E-state index contributed by atoms with van der Waals surface area (Å²) in [5, 5.41) is 10.5. The Morgan fingerprint density at radius 1 is 1.50 bits per heavy atom. The zero-order chi connectivity index (χ0) is 12.0. The van der Waals surface area contributed by atoms with Gasteiger partial charge < -0.3 is 5.11 Å². The minimum Gasteiger partial charge on any atom is -0.508 e. The summed E-state index contributed by atoms with van der Waals surface area (Å²) in [6.07, 6.45) is 0. The second-order valence-electron chi connectivity index (χ2n) is 4.02. The lowest BCUT2D eigenvalue weighted by atomic mass is 10.2. The molecule has 86 valence electrons. The average Bonchev–Trinajstić information content (AvgIpc) is 2.52. The molecular formula is C11H12ClNO2S. The Bertz CT molecular complexity index is 612. The van der Waals surface area contributed by atoms with E-state index in [2.05, 4.69) is 0 Å². The van der Waals surface area contributed by atoms with Crippen molar-refractivity contribution >= 4 is 33.2 Å². The van der Waals surface area contributed by atoms with Crippen LogP contribution in [-0.4, -0.2) is 9.06 Å². The molecule has 0 unspecified atom stereocenters. The second kappa shape index (κ2) is 3.79. The first-order chi connectivity index (χ1) is 7.43. The van der Waals surface area contributed by atoms with Gasteiger partial charge in [0.2, 0.25) is 0 Å². The fourth-order valence-corrected chi connectivity index (χ4v) is 2.96. The Morgan fingerprint density at radius 2 is 2.12 bits per heavy atom. The molecule has 1 aromatic carbocycles. The number of hydrogen-bond acceptors (Lipinski definition) is 3. The fraction of sp³-hybridized carbons (Fsp3) is 0.364. The van der Waals surface area contributed by atoms with Crippen molar-refractivity contribution in [2.75, 3.05) is 0 Å². The molecule has 3 nitrogen and oxygen atoms in total. The molecule has 0 aliphatic heterocycles. The summed E-state index contributed by atoms with van der Waals surface area (Å²) in [6, 6.07) is 1.70. The number of fused-ring (bicyclic) bond motifs is 1. The van der Waals surface area contributed by atoms with Crippen molar-refractivity contribution in [2.24, 2.45) is 0 Å². The molecule has 2 rings (SSSR count). The van der Waals surface area contributed by atoms with Gasteiger partial charge >= 0.3 is 0 Å². The predicted octanol–water partition coefficient (Wildman–Crippen LogP) is 3.31.